The van der Waals surface area contributed by atoms with Gasteiger partial charge in [0.05, 0.1) is 17.9 Å². The highest BCUT2D eigenvalue weighted by molar-refractivity contribution is 9.10. The molecular formula is C14H13BrN2S. The lowest BCUT2D eigenvalue weighted by molar-refractivity contribution is 0.869. The fraction of sp³-hybridized carbons (Fsp3) is 0.214. The SMILES string of the molecule is Brc1ccc(NC2CSCc3ccccc32)cn1. The van der Waals surface area contributed by atoms with Crippen LogP contribution in [0.1, 0.15) is 17.2 Å². The molecule has 0 amide bonds. The topological polar surface area (TPSA) is 24.9 Å². The highest BCUT2D eigenvalue weighted by atomic mass is 79.9. The second kappa shape index (κ2) is 5.33. The molecule has 2 aromatic rings. The van der Waals surface area contributed by atoms with Crippen molar-refractivity contribution in [3.63, 3.8) is 0 Å². The molecule has 4 heteroatoms. The number of hydrogen-bond acceptors (Lipinski definition) is 3. The van der Waals surface area contributed by atoms with Crippen LogP contribution in [0.25, 0.3) is 0 Å². The molecular weight excluding hydrogens is 308 g/mol. The Morgan fingerprint density at radius 3 is 2.94 bits per heavy atom. The standard InChI is InChI=1S/C14H13BrN2S/c15-14-6-5-11(7-16-14)17-13-9-18-8-10-3-1-2-4-12(10)13/h1-7,13,17H,8-9H2. The molecule has 1 atom stereocenters. The summed E-state index contributed by atoms with van der Waals surface area (Å²) >= 11 is 5.33. The first-order valence-corrected chi connectivity index (χ1v) is 7.81. The summed E-state index contributed by atoms with van der Waals surface area (Å²) in [5, 5.41) is 3.56. The van der Waals surface area contributed by atoms with E-state index < -0.39 is 0 Å². The van der Waals surface area contributed by atoms with Gasteiger partial charge in [0.1, 0.15) is 4.60 Å². The van der Waals surface area contributed by atoms with Gasteiger partial charge in [-0.1, -0.05) is 24.3 Å². The second-order valence-electron chi connectivity index (χ2n) is 4.28. The van der Waals surface area contributed by atoms with Crippen molar-refractivity contribution in [2.75, 3.05) is 11.1 Å². The van der Waals surface area contributed by atoms with Gasteiger partial charge in [0, 0.05) is 11.5 Å². The number of nitrogens with one attached hydrogen (secondary N) is 1. The number of rotatable bonds is 2. The van der Waals surface area contributed by atoms with Crippen molar-refractivity contribution in [1.29, 1.82) is 0 Å². The Kier molecular flexibility index (Phi) is 3.57. The Morgan fingerprint density at radius 2 is 2.11 bits per heavy atom. The zero-order valence-electron chi connectivity index (χ0n) is 9.77. The molecule has 0 fully saturated rings. The van der Waals surface area contributed by atoms with Gasteiger partial charge in [-0.3, -0.25) is 0 Å². The third-order valence-electron chi connectivity index (χ3n) is 3.04. The average Bonchev–Trinajstić information content (AvgIpc) is 2.42. The van der Waals surface area contributed by atoms with Crippen LogP contribution in [-0.4, -0.2) is 10.7 Å². The minimum absolute atomic E-state index is 0.378. The number of aromatic nitrogens is 1. The molecule has 0 spiro atoms. The van der Waals surface area contributed by atoms with Crippen LogP contribution in [0.2, 0.25) is 0 Å². The van der Waals surface area contributed by atoms with Gasteiger partial charge in [-0.25, -0.2) is 4.98 Å². The maximum atomic E-state index is 4.25. The monoisotopic (exact) mass is 320 g/mol. The number of fused-ring (bicyclic) bond motifs is 1. The van der Waals surface area contributed by atoms with E-state index in [2.05, 4.69) is 56.6 Å². The van der Waals surface area contributed by atoms with Gasteiger partial charge < -0.3 is 5.32 Å². The molecule has 1 unspecified atom stereocenters. The minimum atomic E-state index is 0.378. The molecule has 1 aliphatic rings. The lowest BCUT2D eigenvalue weighted by Gasteiger charge is -2.26. The van der Waals surface area contributed by atoms with Gasteiger partial charge >= 0.3 is 0 Å². The van der Waals surface area contributed by atoms with Crippen molar-refractivity contribution < 1.29 is 0 Å². The van der Waals surface area contributed by atoms with E-state index in [1.54, 1.807) is 0 Å². The Hall–Kier alpha value is -1.00. The van der Waals surface area contributed by atoms with Crippen molar-refractivity contribution in [3.8, 4) is 0 Å². The smallest absolute Gasteiger partial charge is 0.106 e. The average molecular weight is 321 g/mol. The summed E-state index contributed by atoms with van der Waals surface area (Å²) in [4.78, 5) is 4.25. The first-order chi connectivity index (χ1) is 8.83. The van der Waals surface area contributed by atoms with E-state index in [4.69, 9.17) is 0 Å². The van der Waals surface area contributed by atoms with Crippen molar-refractivity contribution in [1.82, 2.24) is 4.98 Å². The molecule has 0 saturated carbocycles. The third-order valence-corrected chi connectivity index (χ3v) is 4.59. The number of hydrogen-bond donors (Lipinski definition) is 1. The maximum Gasteiger partial charge on any atom is 0.106 e. The van der Waals surface area contributed by atoms with Gasteiger partial charge in [-0.2, -0.15) is 11.8 Å². The van der Waals surface area contributed by atoms with Gasteiger partial charge in [-0.15, -0.1) is 0 Å². The van der Waals surface area contributed by atoms with Crippen LogP contribution >= 0.6 is 27.7 Å². The second-order valence-corrected chi connectivity index (χ2v) is 6.12. The Balaban J connectivity index is 1.84. The van der Waals surface area contributed by atoms with E-state index in [0.29, 0.717) is 6.04 Å². The molecule has 0 saturated heterocycles. The van der Waals surface area contributed by atoms with Crippen molar-refractivity contribution in [3.05, 3.63) is 58.3 Å². The number of anilines is 1. The highest BCUT2D eigenvalue weighted by Gasteiger charge is 2.19. The Labute approximate surface area is 119 Å². The molecule has 0 aliphatic carbocycles. The number of halogens is 1. The quantitative estimate of drug-likeness (QED) is 0.837. The molecule has 92 valence electrons. The van der Waals surface area contributed by atoms with E-state index in [1.165, 1.54) is 11.1 Å². The third kappa shape index (κ3) is 2.54. The van der Waals surface area contributed by atoms with E-state index in [9.17, 15) is 0 Å². The predicted molar refractivity (Wildman–Crippen MR) is 80.9 cm³/mol. The Morgan fingerprint density at radius 1 is 1.22 bits per heavy atom. The molecule has 0 radical (unpaired) electrons. The van der Waals surface area contributed by atoms with E-state index >= 15 is 0 Å². The molecule has 2 heterocycles. The highest BCUT2D eigenvalue weighted by Crippen LogP contribution is 2.33. The van der Waals surface area contributed by atoms with E-state index in [1.807, 2.05) is 24.0 Å². The zero-order chi connectivity index (χ0) is 12.4. The van der Waals surface area contributed by atoms with Crippen molar-refractivity contribution in [2.45, 2.75) is 11.8 Å². The summed E-state index contributed by atoms with van der Waals surface area (Å²) in [6, 6.07) is 13.1. The lowest BCUT2D eigenvalue weighted by atomic mass is 10.0. The number of benzene rings is 1. The van der Waals surface area contributed by atoms with E-state index in [-0.39, 0.29) is 0 Å². The van der Waals surface area contributed by atoms with Gasteiger partial charge in [0.2, 0.25) is 0 Å². The molecule has 1 aromatic carbocycles. The van der Waals surface area contributed by atoms with Gasteiger partial charge in [0.25, 0.3) is 0 Å². The Bertz CT molecular complexity index is 542. The zero-order valence-corrected chi connectivity index (χ0v) is 12.2. The van der Waals surface area contributed by atoms with Crippen LogP contribution in [-0.2, 0) is 5.75 Å². The van der Waals surface area contributed by atoms with Gasteiger partial charge in [-0.05, 0) is 39.2 Å². The van der Waals surface area contributed by atoms with Crippen LogP contribution in [0.15, 0.2) is 47.2 Å². The fourth-order valence-electron chi connectivity index (χ4n) is 2.16. The molecule has 1 aromatic heterocycles. The molecule has 1 N–H and O–H groups in total. The summed E-state index contributed by atoms with van der Waals surface area (Å²) in [6.07, 6.45) is 1.87. The van der Waals surface area contributed by atoms with Crippen LogP contribution < -0.4 is 5.32 Å². The normalized spacial score (nSPS) is 18.2. The van der Waals surface area contributed by atoms with Crippen LogP contribution in [0.5, 0.6) is 0 Å². The van der Waals surface area contributed by atoms with Crippen molar-refractivity contribution in [2.24, 2.45) is 0 Å². The summed E-state index contributed by atoms with van der Waals surface area (Å²) in [7, 11) is 0. The minimum Gasteiger partial charge on any atom is -0.376 e. The molecule has 1 aliphatic heterocycles. The first-order valence-electron chi connectivity index (χ1n) is 5.86. The van der Waals surface area contributed by atoms with Crippen LogP contribution in [0.4, 0.5) is 5.69 Å². The molecule has 3 rings (SSSR count). The number of pyridine rings is 1. The molecule has 2 nitrogen and oxygen atoms in total. The van der Waals surface area contributed by atoms with E-state index in [0.717, 1.165) is 21.8 Å². The lowest BCUT2D eigenvalue weighted by Crippen LogP contribution is -2.18. The number of nitrogens with zero attached hydrogens (tertiary/aromatic N) is 1. The van der Waals surface area contributed by atoms with Gasteiger partial charge in [0.15, 0.2) is 0 Å². The predicted octanol–water partition coefficient (Wildman–Crippen LogP) is 4.24. The molecule has 0 bridgehead atoms. The van der Waals surface area contributed by atoms with Crippen LogP contribution in [0, 0.1) is 0 Å². The van der Waals surface area contributed by atoms with Crippen LogP contribution in [0.3, 0.4) is 0 Å². The maximum absolute atomic E-state index is 4.25. The molecule has 18 heavy (non-hydrogen) atoms. The largest absolute Gasteiger partial charge is 0.376 e. The summed E-state index contributed by atoms with van der Waals surface area (Å²) in [5.74, 6) is 2.22. The summed E-state index contributed by atoms with van der Waals surface area (Å²) in [5.41, 5.74) is 3.93. The fourth-order valence-corrected chi connectivity index (χ4v) is 3.50. The summed E-state index contributed by atoms with van der Waals surface area (Å²) < 4.78 is 0.867. The summed E-state index contributed by atoms with van der Waals surface area (Å²) in [6.45, 7) is 0. The first kappa shape index (κ1) is 12.1. The number of thioether (sulfide) groups is 1. The van der Waals surface area contributed by atoms with Crippen molar-refractivity contribution >= 4 is 33.4 Å².